The van der Waals surface area contributed by atoms with Crippen LogP contribution in [-0.4, -0.2) is 19.7 Å². The van der Waals surface area contributed by atoms with Gasteiger partial charge in [0.05, 0.1) is 11.7 Å². The van der Waals surface area contributed by atoms with Crippen molar-refractivity contribution >= 4 is 21.6 Å². The molecule has 0 amide bonds. The van der Waals surface area contributed by atoms with Gasteiger partial charge in [0.25, 0.3) is 5.56 Å². The van der Waals surface area contributed by atoms with Gasteiger partial charge in [0, 0.05) is 10.4 Å². The Labute approximate surface area is 174 Å². The summed E-state index contributed by atoms with van der Waals surface area (Å²) < 4.78 is 19.8. The average molecular weight is 418 g/mol. The number of rotatable bonds is 4. The topological polar surface area (TPSA) is 73.8 Å². The fourth-order valence-electron chi connectivity index (χ4n) is 3.32. The SMILES string of the molecule is Cc1c(-c2ccccc2)sc2ncn(Cc3nc(-c4ccc(F)cc4)no3)c(=O)c12. The summed E-state index contributed by atoms with van der Waals surface area (Å²) in [5.41, 5.74) is 2.45. The first-order valence-electron chi connectivity index (χ1n) is 9.22. The van der Waals surface area contributed by atoms with Crippen LogP contribution in [0.4, 0.5) is 4.39 Å². The molecule has 0 atom stereocenters. The molecular weight excluding hydrogens is 403 g/mol. The molecule has 0 aliphatic heterocycles. The number of halogens is 1. The summed E-state index contributed by atoms with van der Waals surface area (Å²) in [6.45, 7) is 2.04. The number of hydrogen-bond donors (Lipinski definition) is 0. The third kappa shape index (κ3) is 3.21. The Balaban J connectivity index is 1.50. The quantitative estimate of drug-likeness (QED) is 0.424. The van der Waals surface area contributed by atoms with Gasteiger partial charge in [-0.2, -0.15) is 4.98 Å². The number of thiophene rings is 1. The van der Waals surface area contributed by atoms with Crippen LogP contribution in [0.25, 0.3) is 32.0 Å². The molecule has 0 bridgehead atoms. The molecule has 0 saturated heterocycles. The van der Waals surface area contributed by atoms with Gasteiger partial charge in [-0.3, -0.25) is 9.36 Å². The number of nitrogens with zero attached hydrogens (tertiary/aromatic N) is 4. The van der Waals surface area contributed by atoms with Gasteiger partial charge in [0.1, 0.15) is 17.2 Å². The predicted octanol–water partition coefficient (Wildman–Crippen LogP) is 4.67. The molecule has 3 aromatic heterocycles. The lowest BCUT2D eigenvalue weighted by atomic mass is 10.1. The zero-order valence-electron chi connectivity index (χ0n) is 15.9. The lowest BCUT2D eigenvalue weighted by molar-refractivity contribution is 0.369. The third-order valence-corrected chi connectivity index (χ3v) is 6.08. The van der Waals surface area contributed by atoms with Gasteiger partial charge in [-0.1, -0.05) is 35.5 Å². The molecule has 0 unspecified atom stereocenters. The molecule has 6 nitrogen and oxygen atoms in total. The summed E-state index contributed by atoms with van der Waals surface area (Å²) in [7, 11) is 0. The summed E-state index contributed by atoms with van der Waals surface area (Å²) in [5, 5.41) is 4.52. The fraction of sp³-hybridized carbons (Fsp3) is 0.0909. The second-order valence-electron chi connectivity index (χ2n) is 6.80. The van der Waals surface area contributed by atoms with Crippen molar-refractivity contribution < 1.29 is 8.91 Å². The highest BCUT2D eigenvalue weighted by molar-refractivity contribution is 7.22. The largest absolute Gasteiger partial charge is 0.337 e. The molecule has 0 N–H and O–H groups in total. The lowest BCUT2D eigenvalue weighted by Gasteiger charge is -2.02. The maximum absolute atomic E-state index is 13.1. The van der Waals surface area contributed by atoms with Crippen molar-refractivity contribution in [3.63, 3.8) is 0 Å². The van der Waals surface area contributed by atoms with Crippen LogP contribution in [0, 0.1) is 12.7 Å². The highest BCUT2D eigenvalue weighted by Gasteiger charge is 2.17. The Morgan fingerprint density at radius 3 is 2.60 bits per heavy atom. The van der Waals surface area contributed by atoms with Gasteiger partial charge < -0.3 is 4.52 Å². The Morgan fingerprint density at radius 2 is 1.83 bits per heavy atom. The average Bonchev–Trinajstić information content (AvgIpc) is 3.36. The van der Waals surface area contributed by atoms with Crippen LogP contribution in [0.5, 0.6) is 0 Å². The van der Waals surface area contributed by atoms with E-state index in [1.165, 1.54) is 34.4 Å². The highest BCUT2D eigenvalue weighted by Crippen LogP contribution is 2.35. The van der Waals surface area contributed by atoms with Crippen molar-refractivity contribution in [3.8, 4) is 21.8 Å². The molecule has 0 aliphatic carbocycles. The van der Waals surface area contributed by atoms with Crippen LogP contribution >= 0.6 is 11.3 Å². The van der Waals surface area contributed by atoms with Crippen molar-refractivity contribution in [1.29, 1.82) is 0 Å². The van der Waals surface area contributed by atoms with E-state index in [9.17, 15) is 9.18 Å². The molecule has 2 aromatic carbocycles. The maximum atomic E-state index is 13.1. The summed E-state index contributed by atoms with van der Waals surface area (Å²) in [6.07, 6.45) is 1.50. The van der Waals surface area contributed by atoms with Crippen molar-refractivity contribution in [2.75, 3.05) is 0 Å². The fourth-order valence-corrected chi connectivity index (χ4v) is 4.46. The molecule has 0 fully saturated rings. The van der Waals surface area contributed by atoms with Crippen molar-refractivity contribution in [2.45, 2.75) is 13.5 Å². The molecule has 30 heavy (non-hydrogen) atoms. The zero-order valence-corrected chi connectivity index (χ0v) is 16.7. The van der Waals surface area contributed by atoms with Crippen LogP contribution < -0.4 is 5.56 Å². The minimum absolute atomic E-state index is 0.103. The molecule has 5 aromatic rings. The van der Waals surface area contributed by atoms with E-state index in [0.717, 1.165) is 16.0 Å². The first-order chi connectivity index (χ1) is 14.6. The molecule has 0 radical (unpaired) electrons. The van der Waals surface area contributed by atoms with Crippen LogP contribution in [0.15, 0.2) is 70.2 Å². The summed E-state index contributed by atoms with van der Waals surface area (Å²) in [6, 6.07) is 15.7. The van der Waals surface area contributed by atoms with Gasteiger partial charge in [0.15, 0.2) is 0 Å². The van der Waals surface area contributed by atoms with E-state index in [4.69, 9.17) is 4.52 Å². The molecule has 148 valence electrons. The highest BCUT2D eigenvalue weighted by atomic mass is 32.1. The smallest absolute Gasteiger partial charge is 0.262 e. The van der Waals surface area contributed by atoms with Crippen LogP contribution in [0.3, 0.4) is 0 Å². The van der Waals surface area contributed by atoms with Crippen LogP contribution in [0.1, 0.15) is 11.5 Å². The molecule has 3 heterocycles. The van der Waals surface area contributed by atoms with Gasteiger partial charge in [-0.15, -0.1) is 11.3 Å². The zero-order chi connectivity index (χ0) is 20.7. The minimum atomic E-state index is -0.339. The van der Waals surface area contributed by atoms with Gasteiger partial charge >= 0.3 is 0 Å². The van der Waals surface area contributed by atoms with Crippen LogP contribution in [0.2, 0.25) is 0 Å². The summed E-state index contributed by atoms with van der Waals surface area (Å²) in [5.74, 6) is 0.272. The summed E-state index contributed by atoms with van der Waals surface area (Å²) >= 11 is 1.50. The standard InChI is InChI=1S/C22H15FN4O2S/c1-13-18-21(30-19(13)14-5-3-2-4-6-14)24-12-27(22(18)28)11-17-25-20(26-29-17)15-7-9-16(23)10-8-15/h2-10,12H,11H2,1H3. The number of fused-ring (bicyclic) bond motifs is 1. The van der Waals surface area contributed by atoms with E-state index in [1.54, 1.807) is 12.1 Å². The van der Waals surface area contributed by atoms with Gasteiger partial charge in [-0.25, -0.2) is 9.37 Å². The monoisotopic (exact) mass is 418 g/mol. The first kappa shape index (κ1) is 18.4. The molecule has 0 spiro atoms. The molecule has 8 heteroatoms. The van der Waals surface area contributed by atoms with E-state index in [2.05, 4.69) is 15.1 Å². The number of benzene rings is 2. The number of hydrogen-bond acceptors (Lipinski definition) is 6. The molecule has 5 rings (SSSR count). The Bertz CT molecular complexity index is 1410. The van der Waals surface area contributed by atoms with E-state index in [0.29, 0.717) is 21.6 Å². The van der Waals surface area contributed by atoms with Crippen molar-refractivity contribution in [1.82, 2.24) is 19.7 Å². The Hall–Kier alpha value is -3.65. The normalized spacial score (nSPS) is 11.3. The third-order valence-electron chi connectivity index (χ3n) is 4.83. The number of aryl methyl sites for hydroxylation is 1. The Morgan fingerprint density at radius 1 is 1.07 bits per heavy atom. The van der Waals surface area contributed by atoms with Crippen molar-refractivity contribution in [3.05, 3.63) is 88.5 Å². The second kappa shape index (κ2) is 7.31. The van der Waals surface area contributed by atoms with Crippen LogP contribution in [-0.2, 0) is 6.54 Å². The summed E-state index contributed by atoms with van der Waals surface area (Å²) in [4.78, 5) is 23.6. The Kier molecular flexibility index (Phi) is 4.48. The molecular formula is C22H15FN4O2S. The van der Waals surface area contributed by atoms with E-state index in [1.807, 2.05) is 37.3 Å². The second-order valence-corrected chi connectivity index (χ2v) is 7.80. The van der Waals surface area contributed by atoms with E-state index >= 15 is 0 Å². The van der Waals surface area contributed by atoms with Gasteiger partial charge in [-0.05, 0) is 42.3 Å². The van der Waals surface area contributed by atoms with E-state index in [-0.39, 0.29) is 23.8 Å². The predicted molar refractivity (Wildman–Crippen MR) is 113 cm³/mol. The minimum Gasteiger partial charge on any atom is -0.337 e. The van der Waals surface area contributed by atoms with E-state index < -0.39 is 0 Å². The number of aromatic nitrogens is 4. The first-order valence-corrected chi connectivity index (χ1v) is 10.0. The maximum Gasteiger partial charge on any atom is 0.262 e. The lowest BCUT2D eigenvalue weighted by Crippen LogP contribution is -2.21. The molecule has 0 aliphatic rings. The van der Waals surface area contributed by atoms with Gasteiger partial charge in [0.2, 0.25) is 11.7 Å². The van der Waals surface area contributed by atoms with Crippen molar-refractivity contribution in [2.24, 2.45) is 0 Å². The molecule has 0 saturated carbocycles.